The van der Waals surface area contributed by atoms with E-state index in [0.29, 0.717) is 5.92 Å². The zero-order valence-corrected chi connectivity index (χ0v) is 16.0. The number of carbonyl (C=O) groups is 2. The fourth-order valence-electron chi connectivity index (χ4n) is 3.06. The highest BCUT2D eigenvalue weighted by Crippen LogP contribution is 2.23. The van der Waals surface area contributed by atoms with Gasteiger partial charge in [0.05, 0.1) is 0 Å². The minimum absolute atomic E-state index is 0.0907. The predicted molar refractivity (Wildman–Crippen MR) is 91.7 cm³/mol. The molecule has 146 valence electrons. The molecule has 1 aliphatic rings. The molecule has 2 rings (SSSR count). The molecule has 2 atom stereocenters. The van der Waals surface area contributed by atoms with Crippen LogP contribution in [-0.4, -0.2) is 44.6 Å². The smallest absolute Gasteiger partial charge is 0.321 e. The van der Waals surface area contributed by atoms with Gasteiger partial charge in [0.1, 0.15) is 17.1 Å². The maximum atomic E-state index is 12.2. The fourth-order valence-corrected chi connectivity index (χ4v) is 4.35. The van der Waals surface area contributed by atoms with Crippen LogP contribution in [-0.2, 0) is 24.3 Å². The van der Waals surface area contributed by atoms with Crippen LogP contribution in [0.4, 0.5) is 0 Å². The molecule has 1 saturated carbocycles. The lowest BCUT2D eigenvalue weighted by atomic mass is 9.86. The maximum absolute atomic E-state index is 12.2. The van der Waals surface area contributed by atoms with Crippen LogP contribution < -0.4 is 10.0 Å². The summed E-state index contributed by atoms with van der Waals surface area (Å²) in [4.78, 5) is 23.5. The summed E-state index contributed by atoms with van der Waals surface area (Å²) in [6.07, 6.45) is 4.21. The minimum atomic E-state index is -3.95. The largest absolute Gasteiger partial charge is 0.455 e. The van der Waals surface area contributed by atoms with Crippen LogP contribution in [0.3, 0.4) is 0 Å². The number of aromatic nitrogens is 1. The highest BCUT2D eigenvalue weighted by Gasteiger charge is 2.26. The van der Waals surface area contributed by atoms with Gasteiger partial charge in [0, 0.05) is 6.04 Å². The normalized spacial score (nSPS) is 20.6. The van der Waals surface area contributed by atoms with Crippen molar-refractivity contribution in [3.05, 3.63) is 11.5 Å². The van der Waals surface area contributed by atoms with Crippen LogP contribution in [0.15, 0.2) is 9.42 Å². The van der Waals surface area contributed by atoms with E-state index in [1.165, 1.54) is 13.8 Å². The number of esters is 1. The molecule has 0 saturated heterocycles. The lowest BCUT2D eigenvalue weighted by Crippen LogP contribution is -2.43. The highest BCUT2D eigenvalue weighted by molar-refractivity contribution is 7.89. The van der Waals surface area contributed by atoms with E-state index in [4.69, 9.17) is 9.26 Å². The third-order valence-corrected chi connectivity index (χ3v) is 6.11. The van der Waals surface area contributed by atoms with Gasteiger partial charge in [0.15, 0.2) is 12.4 Å². The molecular formula is C16H25N3O6S. The van der Waals surface area contributed by atoms with Gasteiger partial charge in [-0.05, 0) is 32.6 Å². The van der Waals surface area contributed by atoms with E-state index < -0.39 is 29.1 Å². The first-order chi connectivity index (χ1) is 12.2. The van der Waals surface area contributed by atoms with Crippen LogP contribution >= 0.6 is 0 Å². The number of amides is 1. The predicted octanol–water partition coefficient (Wildman–Crippen LogP) is 0.808. The van der Waals surface area contributed by atoms with Crippen molar-refractivity contribution in [3.8, 4) is 0 Å². The van der Waals surface area contributed by atoms with E-state index in [-0.39, 0.29) is 28.3 Å². The first-order valence-electron chi connectivity index (χ1n) is 8.58. The number of sulfonamides is 1. The molecule has 1 aromatic heterocycles. The molecule has 1 fully saturated rings. The van der Waals surface area contributed by atoms with Crippen molar-refractivity contribution < 1.29 is 27.3 Å². The summed E-state index contributed by atoms with van der Waals surface area (Å²) in [6, 6.07) is 0.0907. The Bertz CT molecular complexity index is 739. The van der Waals surface area contributed by atoms with E-state index in [0.717, 1.165) is 25.7 Å². The molecule has 1 heterocycles. The third kappa shape index (κ3) is 5.28. The van der Waals surface area contributed by atoms with Crippen molar-refractivity contribution in [2.75, 3.05) is 13.2 Å². The standard InChI is InChI=1S/C16H25N3O6S/c1-10-6-4-5-7-13(10)18-14(20)9-24-15(21)8-17-26(22,23)16-11(2)19-25-12(16)3/h10,13,17H,4-9H2,1-3H3,(H,18,20)/t10-,13-/m0/s1. The van der Waals surface area contributed by atoms with Gasteiger partial charge in [-0.15, -0.1) is 0 Å². The van der Waals surface area contributed by atoms with Gasteiger partial charge in [-0.25, -0.2) is 8.42 Å². The first kappa shape index (κ1) is 20.4. The Morgan fingerprint density at radius 1 is 1.27 bits per heavy atom. The minimum Gasteiger partial charge on any atom is -0.455 e. The van der Waals surface area contributed by atoms with Gasteiger partial charge in [0.25, 0.3) is 5.91 Å². The maximum Gasteiger partial charge on any atom is 0.321 e. The van der Waals surface area contributed by atoms with Crippen molar-refractivity contribution in [1.82, 2.24) is 15.2 Å². The Balaban J connectivity index is 1.77. The molecule has 1 amide bonds. The molecule has 0 aromatic carbocycles. The Kier molecular flexibility index (Phi) is 6.76. The highest BCUT2D eigenvalue weighted by atomic mass is 32.2. The molecule has 0 radical (unpaired) electrons. The summed E-state index contributed by atoms with van der Waals surface area (Å²) in [5, 5.41) is 6.43. The van der Waals surface area contributed by atoms with Crippen molar-refractivity contribution in [1.29, 1.82) is 0 Å². The van der Waals surface area contributed by atoms with Gasteiger partial charge in [-0.2, -0.15) is 4.72 Å². The second-order valence-corrected chi connectivity index (χ2v) is 8.28. The molecule has 2 N–H and O–H groups in total. The lowest BCUT2D eigenvalue weighted by Gasteiger charge is -2.29. The van der Waals surface area contributed by atoms with Crippen molar-refractivity contribution >= 4 is 21.9 Å². The van der Waals surface area contributed by atoms with E-state index >= 15 is 0 Å². The summed E-state index contributed by atoms with van der Waals surface area (Å²) in [5.74, 6) is -0.701. The summed E-state index contributed by atoms with van der Waals surface area (Å²) >= 11 is 0. The number of ether oxygens (including phenoxy) is 1. The number of hydrogen-bond donors (Lipinski definition) is 2. The summed E-state index contributed by atoms with van der Waals surface area (Å²) < 4.78 is 36.1. The van der Waals surface area contributed by atoms with Crippen LogP contribution in [0, 0.1) is 19.8 Å². The second-order valence-electron chi connectivity index (χ2n) is 6.57. The molecule has 26 heavy (non-hydrogen) atoms. The van der Waals surface area contributed by atoms with Crippen LogP contribution in [0.2, 0.25) is 0 Å². The fraction of sp³-hybridized carbons (Fsp3) is 0.688. The Hall–Kier alpha value is -1.94. The van der Waals surface area contributed by atoms with E-state index in [1.54, 1.807) is 0 Å². The SMILES string of the molecule is Cc1noc(C)c1S(=O)(=O)NCC(=O)OCC(=O)N[C@H]1CCCC[C@@H]1C. The number of aryl methyl sites for hydroxylation is 2. The molecule has 10 heteroatoms. The number of nitrogens with one attached hydrogen (secondary N) is 2. The topological polar surface area (TPSA) is 128 Å². The number of carbonyl (C=O) groups excluding carboxylic acids is 2. The molecule has 9 nitrogen and oxygen atoms in total. The molecule has 1 aromatic rings. The van der Waals surface area contributed by atoms with Gasteiger partial charge in [-0.1, -0.05) is 24.9 Å². The van der Waals surface area contributed by atoms with Crippen LogP contribution in [0.5, 0.6) is 0 Å². The average Bonchev–Trinajstić information content (AvgIpc) is 2.92. The van der Waals surface area contributed by atoms with Crippen LogP contribution in [0.1, 0.15) is 44.1 Å². The van der Waals surface area contributed by atoms with E-state index in [9.17, 15) is 18.0 Å². The van der Waals surface area contributed by atoms with Crippen molar-refractivity contribution in [2.45, 2.75) is 57.4 Å². The number of nitrogens with zero attached hydrogens (tertiary/aromatic N) is 1. The second kappa shape index (κ2) is 8.63. The molecular weight excluding hydrogens is 362 g/mol. The quantitative estimate of drug-likeness (QED) is 0.663. The van der Waals surface area contributed by atoms with Crippen molar-refractivity contribution in [3.63, 3.8) is 0 Å². The lowest BCUT2D eigenvalue weighted by molar-refractivity contribution is -0.147. The monoisotopic (exact) mass is 387 g/mol. The number of hydrogen-bond acceptors (Lipinski definition) is 7. The first-order valence-corrected chi connectivity index (χ1v) is 10.1. The average molecular weight is 387 g/mol. The zero-order chi connectivity index (χ0) is 19.3. The Morgan fingerprint density at radius 3 is 2.58 bits per heavy atom. The van der Waals surface area contributed by atoms with E-state index in [2.05, 4.69) is 22.1 Å². The van der Waals surface area contributed by atoms with Gasteiger partial charge in [0.2, 0.25) is 10.0 Å². The Labute approximate surface area is 152 Å². The van der Waals surface area contributed by atoms with E-state index in [1.807, 2.05) is 0 Å². The third-order valence-electron chi connectivity index (χ3n) is 4.47. The molecule has 0 unspecified atom stereocenters. The Morgan fingerprint density at radius 2 is 1.96 bits per heavy atom. The van der Waals surface area contributed by atoms with Gasteiger partial charge < -0.3 is 14.6 Å². The zero-order valence-electron chi connectivity index (χ0n) is 15.2. The molecule has 1 aliphatic carbocycles. The molecule has 0 spiro atoms. The van der Waals surface area contributed by atoms with Crippen LogP contribution in [0.25, 0.3) is 0 Å². The van der Waals surface area contributed by atoms with Crippen molar-refractivity contribution in [2.24, 2.45) is 5.92 Å². The summed E-state index contributed by atoms with van der Waals surface area (Å²) in [6.45, 7) is 4.01. The van der Waals surface area contributed by atoms with Gasteiger partial charge in [-0.3, -0.25) is 9.59 Å². The molecule has 0 aliphatic heterocycles. The summed E-state index contributed by atoms with van der Waals surface area (Å²) in [5.41, 5.74) is 0.198. The summed E-state index contributed by atoms with van der Waals surface area (Å²) in [7, 11) is -3.95. The van der Waals surface area contributed by atoms with Gasteiger partial charge >= 0.3 is 5.97 Å². The molecule has 0 bridgehead atoms. The number of rotatable bonds is 7.